The van der Waals surface area contributed by atoms with Gasteiger partial charge in [-0.25, -0.2) is 18.0 Å². The molecule has 1 heterocycles. The average molecular weight is 355 g/mol. The Kier molecular flexibility index (Phi) is 8.14. The van der Waals surface area contributed by atoms with Gasteiger partial charge in [-0.05, 0) is 31.5 Å². The number of benzene rings is 1. The molecule has 24 heavy (non-hydrogen) atoms. The molecule has 7 nitrogen and oxygen atoms in total. The highest BCUT2D eigenvalue weighted by molar-refractivity contribution is 7.91. The summed E-state index contributed by atoms with van der Waals surface area (Å²) in [5.41, 5.74) is 0.890. The lowest BCUT2D eigenvalue weighted by Crippen LogP contribution is -2.36. The Morgan fingerprint density at radius 2 is 1.54 bits per heavy atom. The smallest absolute Gasteiger partial charge is 0.328 e. The van der Waals surface area contributed by atoms with E-state index in [-0.39, 0.29) is 11.0 Å². The largest absolute Gasteiger partial charge is 0.478 e. The van der Waals surface area contributed by atoms with E-state index in [4.69, 9.17) is 10.2 Å². The fourth-order valence-corrected chi connectivity index (χ4v) is 4.07. The van der Waals surface area contributed by atoms with Gasteiger partial charge in [0.05, 0.1) is 11.0 Å². The molecule has 1 aromatic carbocycles. The Balaban J connectivity index is 0.000000307. The van der Waals surface area contributed by atoms with Crippen molar-refractivity contribution >= 4 is 21.8 Å². The van der Waals surface area contributed by atoms with Crippen LogP contribution in [0.25, 0.3) is 0 Å². The summed E-state index contributed by atoms with van der Waals surface area (Å²) in [6.07, 6.45) is 2.61. The minimum Gasteiger partial charge on any atom is -0.478 e. The maximum atomic E-state index is 12.1. The summed E-state index contributed by atoms with van der Waals surface area (Å²) in [5, 5.41) is 18.7. The van der Waals surface area contributed by atoms with Crippen LogP contribution in [0.3, 0.4) is 0 Å². The Labute approximate surface area is 140 Å². The van der Waals surface area contributed by atoms with E-state index in [0.29, 0.717) is 12.2 Å². The highest BCUT2D eigenvalue weighted by Gasteiger charge is 2.26. The quantitative estimate of drug-likeness (QED) is 0.675. The van der Waals surface area contributed by atoms with Crippen LogP contribution in [0.15, 0.2) is 42.5 Å². The summed E-state index contributed by atoms with van der Waals surface area (Å²) >= 11 is 0. The Morgan fingerprint density at radius 1 is 1.04 bits per heavy atom. The Hall–Kier alpha value is -2.19. The molecule has 0 radical (unpaired) electrons. The van der Waals surface area contributed by atoms with Crippen LogP contribution in [0.5, 0.6) is 0 Å². The number of carbonyl (C=O) groups is 2. The number of carboxylic acid groups (broad SMARTS) is 2. The van der Waals surface area contributed by atoms with E-state index in [2.05, 4.69) is 5.32 Å². The van der Waals surface area contributed by atoms with Crippen molar-refractivity contribution in [3.63, 3.8) is 0 Å². The van der Waals surface area contributed by atoms with Gasteiger partial charge in [0.15, 0.2) is 9.84 Å². The molecule has 1 aliphatic rings. The molecule has 0 aromatic heterocycles. The molecule has 132 valence electrons. The topological polar surface area (TPSA) is 121 Å². The number of rotatable bonds is 5. The second-order valence-corrected chi connectivity index (χ2v) is 7.53. The maximum Gasteiger partial charge on any atom is 0.328 e. The number of hydrogen-bond donors (Lipinski definition) is 3. The minimum absolute atomic E-state index is 0.158. The minimum atomic E-state index is -2.98. The van der Waals surface area contributed by atoms with Gasteiger partial charge in [0, 0.05) is 12.2 Å². The van der Waals surface area contributed by atoms with Gasteiger partial charge in [-0.1, -0.05) is 30.3 Å². The highest BCUT2D eigenvalue weighted by atomic mass is 32.2. The van der Waals surface area contributed by atoms with Crippen LogP contribution in [-0.4, -0.2) is 48.9 Å². The Bertz CT molecular complexity index is 647. The van der Waals surface area contributed by atoms with Crippen LogP contribution < -0.4 is 5.32 Å². The molecule has 0 saturated carbocycles. The monoisotopic (exact) mass is 355 g/mol. The predicted molar refractivity (Wildman–Crippen MR) is 89.4 cm³/mol. The number of sulfone groups is 1. The third kappa shape index (κ3) is 7.89. The average Bonchev–Trinajstić information content (AvgIpc) is 2.55. The molecule has 0 amide bonds. The van der Waals surface area contributed by atoms with Crippen molar-refractivity contribution in [1.29, 1.82) is 0 Å². The van der Waals surface area contributed by atoms with Gasteiger partial charge in [0.25, 0.3) is 0 Å². The molecule has 0 bridgehead atoms. The lowest BCUT2D eigenvalue weighted by molar-refractivity contribution is -0.134. The van der Waals surface area contributed by atoms with Crippen molar-refractivity contribution in [3.05, 3.63) is 48.0 Å². The second-order valence-electron chi connectivity index (χ2n) is 5.25. The van der Waals surface area contributed by atoms with Crippen LogP contribution in [0.2, 0.25) is 0 Å². The first kappa shape index (κ1) is 19.9. The number of aliphatic carboxylic acids is 2. The summed E-state index contributed by atoms with van der Waals surface area (Å²) in [5.74, 6) is -2.34. The second kappa shape index (κ2) is 9.84. The van der Waals surface area contributed by atoms with E-state index < -0.39 is 21.8 Å². The summed E-state index contributed by atoms with van der Waals surface area (Å²) in [6.45, 7) is 1.64. The van der Waals surface area contributed by atoms with Crippen molar-refractivity contribution in [3.8, 4) is 0 Å². The molecule has 1 fully saturated rings. The fourth-order valence-electron chi connectivity index (χ4n) is 2.22. The van der Waals surface area contributed by atoms with Gasteiger partial charge in [-0.15, -0.1) is 0 Å². The van der Waals surface area contributed by atoms with Gasteiger partial charge in [0.1, 0.15) is 0 Å². The molecule has 0 unspecified atom stereocenters. The van der Waals surface area contributed by atoms with Gasteiger partial charge in [-0.3, -0.25) is 0 Å². The van der Waals surface area contributed by atoms with Crippen molar-refractivity contribution in [2.75, 3.05) is 13.1 Å². The molecular weight excluding hydrogens is 334 g/mol. The lowest BCUT2D eigenvalue weighted by Gasteiger charge is -2.22. The Morgan fingerprint density at radius 3 is 2.00 bits per heavy atom. The van der Waals surface area contributed by atoms with E-state index in [1.165, 1.54) is 0 Å². The van der Waals surface area contributed by atoms with Gasteiger partial charge >= 0.3 is 11.9 Å². The third-order valence-corrected chi connectivity index (χ3v) is 5.60. The first-order chi connectivity index (χ1) is 11.3. The SMILES string of the molecule is O=C(O)/C=C\C(=O)O.O=S(=O)(Cc1ccccc1)C1CCNCC1. The summed E-state index contributed by atoms with van der Waals surface area (Å²) in [6, 6.07) is 9.42. The molecule has 0 spiro atoms. The molecule has 1 aliphatic heterocycles. The lowest BCUT2D eigenvalue weighted by atomic mass is 10.2. The van der Waals surface area contributed by atoms with E-state index in [1.54, 1.807) is 0 Å². The predicted octanol–water partition coefficient (Wildman–Crippen LogP) is 1.07. The van der Waals surface area contributed by atoms with E-state index >= 15 is 0 Å². The molecule has 1 aromatic rings. The standard InChI is InChI=1S/C12H17NO2S.C4H4O4/c14-16(15,12-6-8-13-9-7-12)10-11-4-2-1-3-5-11;5-3(6)1-2-4(7)8/h1-5,12-13H,6-10H2;1-2H,(H,5,6)(H,7,8)/b;2-1-. The molecule has 2 rings (SSSR count). The fraction of sp³-hybridized carbons (Fsp3) is 0.375. The number of nitrogens with one attached hydrogen (secondary N) is 1. The highest BCUT2D eigenvalue weighted by Crippen LogP contribution is 2.18. The zero-order chi connectivity index (χ0) is 18.0. The van der Waals surface area contributed by atoms with Crippen LogP contribution in [0.4, 0.5) is 0 Å². The zero-order valence-electron chi connectivity index (χ0n) is 13.1. The van der Waals surface area contributed by atoms with Crippen molar-refractivity contribution in [2.45, 2.75) is 23.8 Å². The van der Waals surface area contributed by atoms with Crippen LogP contribution in [-0.2, 0) is 25.2 Å². The van der Waals surface area contributed by atoms with E-state index in [1.807, 2.05) is 30.3 Å². The van der Waals surface area contributed by atoms with Crippen LogP contribution in [0, 0.1) is 0 Å². The number of piperidine rings is 1. The molecule has 0 aliphatic carbocycles. The maximum absolute atomic E-state index is 12.1. The van der Waals surface area contributed by atoms with Crippen LogP contribution in [0.1, 0.15) is 18.4 Å². The summed E-state index contributed by atoms with van der Waals surface area (Å²) in [7, 11) is -2.98. The number of hydrogen-bond acceptors (Lipinski definition) is 5. The van der Waals surface area contributed by atoms with Gasteiger partial charge < -0.3 is 15.5 Å². The van der Waals surface area contributed by atoms with Gasteiger partial charge in [-0.2, -0.15) is 0 Å². The van der Waals surface area contributed by atoms with E-state index in [9.17, 15) is 18.0 Å². The summed E-state index contributed by atoms with van der Waals surface area (Å²) < 4.78 is 24.3. The third-order valence-electron chi connectivity index (χ3n) is 3.37. The van der Waals surface area contributed by atoms with Crippen molar-refractivity contribution < 1.29 is 28.2 Å². The molecule has 1 saturated heterocycles. The number of carboxylic acids is 2. The molecular formula is C16H21NO6S. The van der Waals surface area contributed by atoms with Crippen molar-refractivity contribution in [2.24, 2.45) is 0 Å². The molecule has 8 heteroatoms. The first-order valence-corrected chi connectivity index (χ1v) is 9.13. The van der Waals surface area contributed by atoms with Crippen molar-refractivity contribution in [1.82, 2.24) is 5.32 Å². The van der Waals surface area contributed by atoms with Crippen LogP contribution >= 0.6 is 0 Å². The summed E-state index contributed by atoms with van der Waals surface area (Å²) in [4.78, 5) is 19.1. The first-order valence-electron chi connectivity index (χ1n) is 7.41. The molecule has 3 N–H and O–H groups in total. The normalized spacial score (nSPS) is 15.5. The van der Waals surface area contributed by atoms with E-state index in [0.717, 1.165) is 31.5 Å². The zero-order valence-corrected chi connectivity index (χ0v) is 13.9. The molecule has 0 atom stereocenters. The van der Waals surface area contributed by atoms with Gasteiger partial charge in [0.2, 0.25) is 0 Å².